The molecule has 1 aliphatic carbocycles. The first-order valence-corrected chi connectivity index (χ1v) is 9.98. The fourth-order valence-corrected chi connectivity index (χ4v) is 3.66. The van der Waals surface area contributed by atoms with Crippen molar-refractivity contribution in [3.8, 4) is 0 Å². The molecule has 0 radical (unpaired) electrons. The Kier molecular flexibility index (Phi) is 4.30. The van der Waals surface area contributed by atoms with Crippen LogP contribution in [-0.2, 0) is 9.59 Å². The number of nitrogens with one attached hydrogen (secondary N) is 3. The molecule has 156 valence electrons. The SMILES string of the molecule is CC(=O)N1CCN(c2cc(NC3CC3)n3ncc(/C=C4\NC(=O)NC4=O)c3n2)CC1. The van der Waals surface area contributed by atoms with Crippen molar-refractivity contribution in [2.75, 3.05) is 36.4 Å². The summed E-state index contributed by atoms with van der Waals surface area (Å²) in [5.74, 6) is 1.22. The normalized spacial score (nSPS) is 20.6. The topological polar surface area (TPSA) is 124 Å². The van der Waals surface area contributed by atoms with E-state index in [2.05, 4.69) is 25.9 Å². The van der Waals surface area contributed by atoms with Crippen molar-refractivity contribution in [3.63, 3.8) is 0 Å². The van der Waals surface area contributed by atoms with Gasteiger partial charge in [0.2, 0.25) is 5.91 Å². The summed E-state index contributed by atoms with van der Waals surface area (Å²) in [5, 5.41) is 12.6. The highest BCUT2D eigenvalue weighted by Gasteiger charge is 2.27. The minimum atomic E-state index is -0.546. The van der Waals surface area contributed by atoms with Crippen molar-refractivity contribution in [3.05, 3.63) is 23.5 Å². The Balaban J connectivity index is 1.51. The summed E-state index contributed by atoms with van der Waals surface area (Å²) in [6, 6.07) is 1.85. The number of aromatic nitrogens is 3. The summed E-state index contributed by atoms with van der Waals surface area (Å²) in [6.45, 7) is 4.26. The maximum absolute atomic E-state index is 11.9. The fraction of sp³-hybridized carbons (Fsp3) is 0.421. The molecule has 1 saturated carbocycles. The van der Waals surface area contributed by atoms with Crippen LogP contribution in [0, 0.1) is 0 Å². The van der Waals surface area contributed by atoms with Gasteiger partial charge in [-0.05, 0) is 18.9 Å². The van der Waals surface area contributed by atoms with Gasteiger partial charge in [-0.25, -0.2) is 9.78 Å². The minimum Gasteiger partial charge on any atom is -0.367 e. The summed E-state index contributed by atoms with van der Waals surface area (Å²) < 4.78 is 1.72. The number of anilines is 2. The molecule has 3 fully saturated rings. The van der Waals surface area contributed by atoms with E-state index in [0.29, 0.717) is 43.4 Å². The Morgan fingerprint density at radius 2 is 1.97 bits per heavy atom. The number of piperazine rings is 1. The van der Waals surface area contributed by atoms with E-state index in [-0.39, 0.29) is 11.6 Å². The van der Waals surface area contributed by atoms with E-state index < -0.39 is 11.9 Å². The molecule has 2 aliphatic heterocycles. The van der Waals surface area contributed by atoms with Crippen molar-refractivity contribution >= 4 is 41.2 Å². The van der Waals surface area contributed by atoms with Crippen molar-refractivity contribution in [1.29, 1.82) is 0 Å². The molecule has 11 heteroatoms. The fourth-order valence-electron chi connectivity index (χ4n) is 3.66. The Morgan fingerprint density at radius 1 is 1.20 bits per heavy atom. The molecule has 11 nitrogen and oxygen atoms in total. The van der Waals surface area contributed by atoms with Gasteiger partial charge in [-0.15, -0.1) is 0 Å². The second kappa shape index (κ2) is 7.01. The Hall–Kier alpha value is -3.63. The highest BCUT2D eigenvalue weighted by molar-refractivity contribution is 6.14. The lowest BCUT2D eigenvalue weighted by molar-refractivity contribution is -0.129. The van der Waals surface area contributed by atoms with Gasteiger partial charge in [0.15, 0.2) is 5.65 Å². The summed E-state index contributed by atoms with van der Waals surface area (Å²) in [4.78, 5) is 43.7. The number of carbonyl (C=O) groups is 3. The Bertz CT molecular complexity index is 1080. The Labute approximate surface area is 172 Å². The van der Waals surface area contributed by atoms with E-state index in [9.17, 15) is 14.4 Å². The molecule has 4 heterocycles. The molecular weight excluding hydrogens is 388 g/mol. The first-order chi connectivity index (χ1) is 14.5. The highest BCUT2D eigenvalue weighted by atomic mass is 16.2. The highest BCUT2D eigenvalue weighted by Crippen LogP contribution is 2.29. The van der Waals surface area contributed by atoms with E-state index >= 15 is 0 Å². The second-order valence-electron chi connectivity index (χ2n) is 7.71. The van der Waals surface area contributed by atoms with E-state index in [1.165, 1.54) is 0 Å². The van der Waals surface area contributed by atoms with Gasteiger partial charge in [0, 0.05) is 50.8 Å². The van der Waals surface area contributed by atoms with Crippen molar-refractivity contribution in [2.45, 2.75) is 25.8 Å². The summed E-state index contributed by atoms with van der Waals surface area (Å²) in [7, 11) is 0. The van der Waals surface area contributed by atoms with E-state index in [0.717, 1.165) is 24.5 Å². The zero-order chi connectivity index (χ0) is 20.8. The standard InChI is InChI=1S/C19H22N8O3/c1-11(28)25-4-6-26(7-5-25)15-9-16(21-13-2-3-13)27-17(23-15)12(10-20-27)8-14-18(29)24-19(30)22-14/h8-10,13,21H,2-7H2,1H3,(H2,22,24,29,30)/b14-8-. The number of nitrogens with zero attached hydrogens (tertiary/aromatic N) is 5. The van der Waals surface area contributed by atoms with Crippen LogP contribution >= 0.6 is 0 Å². The molecule has 2 saturated heterocycles. The van der Waals surface area contributed by atoms with Gasteiger partial charge in [-0.2, -0.15) is 9.61 Å². The minimum absolute atomic E-state index is 0.0794. The van der Waals surface area contributed by atoms with E-state index in [1.807, 2.05) is 11.0 Å². The second-order valence-corrected chi connectivity index (χ2v) is 7.71. The van der Waals surface area contributed by atoms with Gasteiger partial charge >= 0.3 is 6.03 Å². The predicted molar refractivity (Wildman–Crippen MR) is 109 cm³/mol. The van der Waals surface area contributed by atoms with Crippen LogP contribution in [-0.4, -0.2) is 69.6 Å². The molecule has 0 bridgehead atoms. The van der Waals surface area contributed by atoms with Crippen molar-refractivity contribution < 1.29 is 14.4 Å². The zero-order valence-corrected chi connectivity index (χ0v) is 16.5. The molecule has 0 aromatic carbocycles. The van der Waals surface area contributed by atoms with Crippen LogP contribution in [0.25, 0.3) is 11.7 Å². The zero-order valence-electron chi connectivity index (χ0n) is 16.5. The monoisotopic (exact) mass is 410 g/mol. The number of hydrogen-bond acceptors (Lipinski definition) is 7. The lowest BCUT2D eigenvalue weighted by Gasteiger charge is -2.35. The quantitative estimate of drug-likeness (QED) is 0.484. The first-order valence-electron chi connectivity index (χ1n) is 9.98. The Morgan fingerprint density at radius 3 is 2.60 bits per heavy atom. The van der Waals surface area contributed by atoms with Crippen LogP contribution in [0.15, 0.2) is 18.0 Å². The summed E-state index contributed by atoms with van der Waals surface area (Å²) >= 11 is 0. The van der Waals surface area contributed by atoms with E-state index in [4.69, 9.17) is 4.98 Å². The summed E-state index contributed by atoms with van der Waals surface area (Å²) in [6.07, 6.45) is 5.43. The third-order valence-electron chi connectivity index (χ3n) is 5.48. The molecule has 5 rings (SSSR count). The molecule has 3 N–H and O–H groups in total. The molecule has 0 unspecified atom stereocenters. The average molecular weight is 410 g/mol. The third kappa shape index (κ3) is 3.42. The lowest BCUT2D eigenvalue weighted by Crippen LogP contribution is -2.48. The van der Waals surface area contributed by atoms with Gasteiger partial charge in [-0.1, -0.05) is 0 Å². The van der Waals surface area contributed by atoms with Crippen LogP contribution in [0.1, 0.15) is 25.3 Å². The third-order valence-corrected chi connectivity index (χ3v) is 5.48. The van der Waals surface area contributed by atoms with Crippen LogP contribution in [0.4, 0.5) is 16.4 Å². The first kappa shape index (κ1) is 18.4. The predicted octanol–water partition coefficient (Wildman–Crippen LogP) is 0.152. The lowest BCUT2D eigenvalue weighted by atomic mass is 10.2. The van der Waals surface area contributed by atoms with Crippen LogP contribution in [0.2, 0.25) is 0 Å². The number of carbonyl (C=O) groups excluding carboxylic acids is 3. The summed E-state index contributed by atoms with van der Waals surface area (Å²) in [5.41, 5.74) is 1.38. The van der Waals surface area contributed by atoms with Crippen LogP contribution < -0.4 is 20.9 Å². The van der Waals surface area contributed by atoms with Gasteiger partial charge in [-0.3, -0.25) is 14.9 Å². The number of amides is 4. The van der Waals surface area contributed by atoms with Crippen molar-refractivity contribution in [2.24, 2.45) is 0 Å². The number of urea groups is 1. The van der Waals surface area contributed by atoms with Gasteiger partial charge in [0.05, 0.1) is 6.20 Å². The maximum atomic E-state index is 11.9. The van der Waals surface area contributed by atoms with Crippen LogP contribution in [0.3, 0.4) is 0 Å². The van der Waals surface area contributed by atoms with Crippen molar-refractivity contribution in [1.82, 2.24) is 30.1 Å². The molecule has 2 aromatic heterocycles. The molecule has 30 heavy (non-hydrogen) atoms. The average Bonchev–Trinajstić information content (AvgIpc) is 3.36. The smallest absolute Gasteiger partial charge is 0.326 e. The van der Waals surface area contributed by atoms with Gasteiger partial charge in [0.1, 0.15) is 17.3 Å². The van der Waals surface area contributed by atoms with Crippen LogP contribution in [0.5, 0.6) is 0 Å². The molecule has 2 aromatic rings. The number of hydrogen-bond donors (Lipinski definition) is 3. The molecule has 4 amide bonds. The van der Waals surface area contributed by atoms with E-state index in [1.54, 1.807) is 23.7 Å². The molecular formula is C19H22N8O3. The molecule has 0 atom stereocenters. The maximum Gasteiger partial charge on any atom is 0.326 e. The van der Waals surface area contributed by atoms with Gasteiger partial charge in [0.25, 0.3) is 5.91 Å². The molecule has 3 aliphatic rings. The largest absolute Gasteiger partial charge is 0.367 e. The van der Waals surface area contributed by atoms with Gasteiger partial charge < -0.3 is 20.4 Å². The number of fused-ring (bicyclic) bond motifs is 1. The molecule has 0 spiro atoms. The number of imide groups is 1. The number of rotatable bonds is 4.